The maximum Gasteiger partial charge on any atom is 0.254 e. The van der Waals surface area contributed by atoms with Crippen LogP contribution in [0.1, 0.15) is 43.0 Å². The van der Waals surface area contributed by atoms with Crippen molar-refractivity contribution in [2.45, 2.75) is 45.2 Å². The highest BCUT2D eigenvalue weighted by Crippen LogP contribution is 2.44. The molecule has 5 aromatic rings. The van der Waals surface area contributed by atoms with E-state index in [2.05, 4.69) is 33.1 Å². The maximum atomic E-state index is 13.8. The molecule has 2 aliphatic carbocycles. The van der Waals surface area contributed by atoms with Crippen LogP contribution >= 0.6 is 0 Å². The number of hydrogen-bond acceptors (Lipinski definition) is 6. The quantitative estimate of drug-likeness (QED) is 0.240. The molecule has 0 radical (unpaired) electrons. The van der Waals surface area contributed by atoms with Crippen molar-refractivity contribution < 1.29 is 19.4 Å². The summed E-state index contributed by atoms with van der Waals surface area (Å²) in [6.45, 7) is 3.96. The Morgan fingerprint density at radius 2 is 1.86 bits per heavy atom. The number of imidazole rings is 1. The van der Waals surface area contributed by atoms with Crippen LogP contribution in [0.3, 0.4) is 0 Å². The topological polar surface area (TPSA) is 94.6 Å². The highest BCUT2D eigenvalue weighted by atomic mass is 16.5. The van der Waals surface area contributed by atoms with Crippen LogP contribution in [0.2, 0.25) is 0 Å². The smallest absolute Gasteiger partial charge is 0.254 e. The highest BCUT2D eigenvalue weighted by molar-refractivity contribution is 6.00. The molecule has 1 aliphatic heterocycles. The Kier molecular flexibility index (Phi) is 6.15. The summed E-state index contributed by atoms with van der Waals surface area (Å²) in [7, 11) is 5.21. The fourth-order valence-electron chi connectivity index (χ4n) is 7.68. The fraction of sp³-hybridized carbons (Fsp3) is 0.400. The molecule has 1 N–H and O–H groups in total. The number of methoxy groups -OCH3 is 2. The first-order valence-corrected chi connectivity index (χ1v) is 15.6. The van der Waals surface area contributed by atoms with Gasteiger partial charge in [-0.05, 0) is 85.9 Å². The number of aromatic nitrogens is 4. The van der Waals surface area contributed by atoms with Gasteiger partial charge in [0.2, 0.25) is 0 Å². The van der Waals surface area contributed by atoms with Crippen molar-refractivity contribution >= 4 is 28.0 Å². The van der Waals surface area contributed by atoms with Crippen LogP contribution in [0.4, 0.5) is 0 Å². The van der Waals surface area contributed by atoms with Crippen LogP contribution < -0.4 is 9.47 Å². The molecule has 2 unspecified atom stereocenters. The number of amides is 1. The number of likely N-dealkylation sites (tertiary alicyclic amines) is 1. The van der Waals surface area contributed by atoms with Crippen molar-refractivity contribution in [3.8, 4) is 40.0 Å². The summed E-state index contributed by atoms with van der Waals surface area (Å²) in [6.07, 6.45) is 4.69. The average Bonchev–Trinajstić information content (AvgIpc) is 3.44. The zero-order valence-corrected chi connectivity index (χ0v) is 25.6. The summed E-state index contributed by atoms with van der Waals surface area (Å²) >= 11 is 0. The Balaban J connectivity index is 1.25. The van der Waals surface area contributed by atoms with E-state index in [0.717, 1.165) is 64.4 Å². The summed E-state index contributed by atoms with van der Waals surface area (Å²) in [5.41, 5.74) is 5.53. The number of aromatic hydroxyl groups is 1. The van der Waals surface area contributed by atoms with E-state index in [1.807, 2.05) is 31.3 Å². The van der Waals surface area contributed by atoms with Gasteiger partial charge in [-0.3, -0.25) is 4.79 Å². The number of benzene rings is 2. The molecule has 3 aromatic heterocycles. The van der Waals surface area contributed by atoms with E-state index in [1.54, 1.807) is 26.4 Å². The van der Waals surface area contributed by atoms with Gasteiger partial charge in [-0.25, -0.2) is 9.97 Å². The Hall–Kier alpha value is -4.53. The number of aryl methyl sites for hydroxylation is 1. The van der Waals surface area contributed by atoms with Crippen LogP contribution in [0.15, 0.2) is 48.5 Å². The van der Waals surface area contributed by atoms with Crippen molar-refractivity contribution in [3.05, 3.63) is 54.1 Å². The number of pyridine rings is 1. The number of hydrogen-bond donors (Lipinski definition) is 1. The monoisotopic (exact) mass is 591 g/mol. The van der Waals surface area contributed by atoms with Crippen LogP contribution in [0.5, 0.6) is 17.2 Å². The lowest BCUT2D eigenvalue weighted by molar-refractivity contribution is 0.0696. The van der Waals surface area contributed by atoms with Gasteiger partial charge in [0.05, 0.1) is 31.1 Å². The van der Waals surface area contributed by atoms with Crippen molar-refractivity contribution in [1.82, 2.24) is 24.0 Å². The third-order valence-electron chi connectivity index (χ3n) is 10.3. The third kappa shape index (κ3) is 4.08. The Morgan fingerprint density at radius 3 is 2.57 bits per heavy atom. The predicted molar refractivity (Wildman–Crippen MR) is 169 cm³/mol. The first kappa shape index (κ1) is 27.0. The first-order chi connectivity index (χ1) is 21.4. The van der Waals surface area contributed by atoms with E-state index in [9.17, 15) is 9.90 Å². The fourth-order valence-corrected chi connectivity index (χ4v) is 7.68. The minimum atomic E-state index is 0.0680. The van der Waals surface area contributed by atoms with Crippen LogP contribution in [-0.2, 0) is 13.6 Å². The number of ether oxygens (including phenoxy) is 2. The number of carbonyl (C=O) groups excluding carboxylic acids is 1. The number of rotatable bonds is 7. The van der Waals surface area contributed by atoms with Gasteiger partial charge in [-0.15, -0.1) is 0 Å². The standard InChI is InChI=1S/C35H37N5O4/c1-19-22-11-13-27(19)40(18-22)35(42)23-14-26-31(30(16-23)43-3)38(2)34(37-26)28-15-21-10-12-25(24-6-5-7-29(41)32(24)44-4)36-33(21)39(28)17-20-8-9-20/h5-7,10,12,14-16,19-20,22,27,41H,8-9,11,13,17-18H2,1-4H3/t19-,22?,27?/m1/s1. The molecule has 3 aliphatic rings. The maximum absolute atomic E-state index is 13.8. The van der Waals surface area contributed by atoms with Crippen molar-refractivity contribution in [1.29, 1.82) is 0 Å². The number of phenols is 1. The number of carbonyl (C=O) groups is 1. The zero-order valence-electron chi connectivity index (χ0n) is 25.6. The van der Waals surface area contributed by atoms with E-state index in [1.165, 1.54) is 19.3 Å². The molecule has 1 saturated heterocycles. The van der Waals surface area contributed by atoms with Crippen LogP contribution in [0.25, 0.3) is 44.8 Å². The van der Waals surface area contributed by atoms with Gasteiger partial charge in [0.15, 0.2) is 17.3 Å². The molecule has 1 amide bonds. The molecule has 44 heavy (non-hydrogen) atoms. The van der Waals surface area contributed by atoms with Gasteiger partial charge in [0.1, 0.15) is 16.9 Å². The molecule has 9 nitrogen and oxygen atoms in total. The number of phenolic OH excluding ortho intramolecular Hbond substituents is 1. The van der Waals surface area contributed by atoms with Crippen molar-refractivity contribution in [2.24, 2.45) is 24.8 Å². The number of piperidine rings is 1. The lowest BCUT2D eigenvalue weighted by Gasteiger charge is -2.27. The van der Waals surface area contributed by atoms with E-state index < -0.39 is 0 Å². The lowest BCUT2D eigenvalue weighted by atomic mass is 10.0. The normalized spacial score (nSPS) is 21.1. The van der Waals surface area contributed by atoms with Crippen molar-refractivity contribution in [3.63, 3.8) is 0 Å². The molecule has 2 bridgehead atoms. The Morgan fingerprint density at radius 1 is 1.02 bits per heavy atom. The molecule has 2 saturated carbocycles. The van der Waals surface area contributed by atoms with Gasteiger partial charge >= 0.3 is 0 Å². The lowest BCUT2D eigenvalue weighted by Crippen LogP contribution is -2.38. The first-order valence-electron chi connectivity index (χ1n) is 15.6. The molecule has 3 fully saturated rings. The van der Waals surface area contributed by atoms with Gasteiger partial charge in [0.25, 0.3) is 5.91 Å². The minimum absolute atomic E-state index is 0.0680. The molecule has 0 spiro atoms. The molecular formula is C35H37N5O4. The molecule has 2 aromatic carbocycles. The second kappa shape index (κ2) is 10.0. The number of nitrogens with zero attached hydrogens (tertiary/aromatic N) is 5. The van der Waals surface area contributed by atoms with E-state index in [0.29, 0.717) is 40.9 Å². The van der Waals surface area contributed by atoms with Crippen LogP contribution in [-0.4, -0.2) is 61.8 Å². The van der Waals surface area contributed by atoms with E-state index >= 15 is 0 Å². The Labute approximate surface area is 256 Å². The van der Waals surface area contributed by atoms with Gasteiger partial charge in [0, 0.05) is 42.7 Å². The third-order valence-corrected chi connectivity index (χ3v) is 10.3. The summed E-state index contributed by atoms with van der Waals surface area (Å²) in [5.74, 6) is 3.75. The summed E-state index contributed by atoms with van der Waals surface area (Å²) in [5, 5.41) is 11.4. The number of para-hydroxylation sites is 1. The predicted octanol–water partition coefficient (Wildman–Crippen LogP) is 6.26. The Bertz CT molecular complexity index is 1950. The summed E-state index contributed by atoms with van der Waals surface area (Å²) in [4.78, 5) is 26.1. The average molecular weight is 592 g/mol. The molecule has 9 heteroatoms. The second-order valence-corrected chi connectivity index (χ2v) is 12.8. The molecule has 226 valence electrons. The summed E-state index contributed by atoms with van der Waals surface area (Å²) < 4.78 is 15.7. The van der Waals surface area contributed by atoms with Gasteiger partial charge in [-0.2, -0.15) is 0 Å². The summed E-state index contributed by atoms with van der Waals surface area (Å²) in [6, 6.07) is 15.6. The van der Waals surface area contributed by atoms with E-state index in [-0.39, 0.29) is 11.7 Å². The van der Waals surface area contributed by atoms with Crippen molar-refractivity contribution in [2.75, 3.05) is 20.8 Å². The molecule has 3 atom stereocenters. The molecular weight excluding hydrogens is 554 g/mol. The van der Waals surface area contributed by atoms with Gasteiger partial charge < -0.3 is 28.6 Å². The second-order valence-electron chi connectivity index (χ2n) is 12.8. The largest absolute Gasteiger partial charge is 0.504 e. The van der Waals surface area contributed by atoms with Crippen LogP contribution in [0, 0.1) is 17.8 Å². The zero-order chi connectivity index (χ0) is 30.3. The van der Waals surface area contributed by atoms with Gasteiger partial charge in [-0.1, -0.05) is 13.0 Å². The SMILES string of the molecule is COc1c(O)cccc1-c1ccc2cc(-c3nc4cc(C(=O)N5CC6CCC5[C@@H]6C)cc(OC)c4n3C)n(CC3CC3)c2n1. The van der Waals surface area contributed by atoms with E-state index in [4.69, 9.17) is 19.4 Å². The highest BCUT2D eigenvalue weighted by Gasteiger charge is 2.46. The number of fused-ring (bicyclic) bond motifs is 4. The molecule has 4 heterocycles. The minimum Gasteiger partial charge on any atom is -0.504 e. The molecule has 8 rings (SSSR count).